The fourth-order valence-corrected chi connectivity index (χ4v) is 5.03. The third kappa shape index (κ3) is 6.34. The van der Waals surface area contributed by atoms with Crippen molar-refractivity contribution in [3.05, 3.63) is 77.9 Å². The van der Waals surface area contributed by atoms with Crippen LogP contribution < -0.4 is 15.4 Å². The monoisotopic (exact) mass is 477 g/mol. The number of nitrogens with one attached hydrogen (secondary N) is 2. The average Bonchev–Trinajstić information content (AvgIpc) is 3.20. The van der Waals surface area contributed by atoms with E-state index < -0.39 is 0 Å². The number of thioether (sulfide) groups is 1. The van der Waals surface area contributed by atoms with Crippen LogP contribution in [0.25, 0.3) is 10.2 Å². The van der Waals surface area contributed by atoms with E-state index in [9.17, 15) is 9.59 Å². The predicted octanol–water partition coefficient (Wildman–Crippen LogP) is 5.66. The van der Waals surface area contributed by atoms with Crippen molar-refractivity contribution in [3.8, 4) is 5.75 Å². The molecule has 6 nitrogen and oxygen atoms in total. The first-order valence-corrected chi connectivity index (χ1v) is 12.1. The summed E-state index contributed by atoms with van der Waals surface area (Å²) < 4.78 is 7.29. The van der Waals surface area contributed by atoms with Crippen molar-refractivity contribution in [3.63, 3.8) is 0 Å². The molecule has 2 amide bonds. The molecule has 168 valence electrons. The number of rotatable bonds is 8. The zero-order valence-electron chi connectivity index (χ0n) is 18.3. The number of amides is 2. The van der Waals surface area contributed by atoms with Gasteiger partial charge in [-0.25, -0.2) is 4.98 Å². The van der Waals surface area contributed by atoms with Crippen LogP contribution in [0.15, 0.2) is 71.1 Å². The summed E-state index contributed by atoms with van der Waals surface area (Å²) in [6, 6.07) is 20.8. The number of hydrogen-bond donors (Lipinski definition) is 2. The lowest BCUT2D eigenvalue weighted by molar-refractivity contribution is -0.118. The lowest BCUT2D eigenvalue weighted by atomic mass is 10.2. The fraction of sp³-hybridized carbons (Fsp3) is 0.160. The maximum absolute atomic E-state index is 12.3. The highest BCUT2D eigenvalue weighted by molar-refractivity contribution is 8.01. The number of carbonyl (C=O) groups is 2. The normalized spacial score (nSPS) is 10.7. The molecule has 0 aliphatic rings. The quantitative estimate of drug-likeness (QED) is 0.320. The van der Waals surface area contributed by atoms with Gasteiger partial charge in [-0.2, -0.15) is 0 Å². The molecule has 8 heteroatoms. The third-order valence-electron chi connectivity index (χ3n) is 4.76. The molecule has 4 aromatic rings. The van der Waals surface area contributed by atoms with Gasteiger partial charge in [-0.05, 0) is 61.4 Å². The largest absolute Gasteiger partial charge is 0.484 e. The lowest BCUT2D eigenvalue weighted by Crippen LogP contribution is -2.20. The van der Waals surface area contributed by atoms with Gasteiger partial charge in [0.1, 0.15) is 5.75 Å². The summed E-state index contributed by atoms with van der Waals surface area (Å²) in [5.41, 5.74) is 4.42. The molecule has 1 heterocycles. The number of nitrogens with zero attached hydrogens (tertiary/aromatic N) is 1. The molecule has 0 saturated carbocycles. The molecule has 0 bridgehead atoms. The zero-order chi connectivity index (χ0) is 23.2. The minimum Gasteiger partial charge on any atom is -0.484 e. The van der Waals surface area contributed by atoms with Crippen LogP contribution in [-0.4, -0.2) is 29.2 Å². The van der Waals surface area contributed by atoms with E-state index in [1.54, 1.807) is 0 Å². The predicted molar refractivity (Wildman–Crippen MR) is 135 cm³/mol. The Morgan fingerprint density at radius 3 is 2.64 bits per heavy atom. The second-order valence-electron chi connectivity index (χ2n) is 7.47. The van der Waals surface area contributed by atoms with E-state index in [4.69, 9.17) is 4.74 Å². The van der Waals surface area contributed by atoms with E-state index >= 15 is 0 Å². The minimum absolute atomic E-state index is 0.0682. The van der Waals surface area contributed by atoms with Gasteiger partial charge >= 0.3 is 0 Å². The molecule has 0 atom stereocenters. The van der Waals surface area contributed by atoms with E-state index in [2.05, 4.69) is 15.6 Å². The van der Waals surface area contributed by atoms with E-state index in [0.717, 1.165) is 31.4 Å². The molecule has 3 aromatic carbocycles. The highest BCUT2D eigenvalue weighted by Gasteiger charge is 2.11. The van der Waals surface area contributed by atoms with Crippen molar-refractivity contribution in [2.24, 2.45) is 0 Å². The molecule has 0 fully saturated rings. The molecule has 0 saturated heterocycles. The SMILES string of the molecule is Cc1cccc(OCC(=O)Nc2ccc3nc(SCC(=O)Nc4ccccc4C)sc3c2)c1. The average molecular weight is 478 g/mol. The molecule has 0 unspecified atom stereocenters. The highest BCUT2D eigenvalue weighted by atomic mass is 32.2. The summed E-state index contributed by atoms with van der Waals surface area (Å²) in [7, 11) is 0. The molecule has 0 radical (unpaired) electrons. The second kappa shape index (κ2) is 10.5. The summed E-state index contributed by atoms with van der Waals surface area (Å²) in [5, 5.41) is 5.78. The van der Waals surface area contributed by atoms with Crippen LogP contribution in [-0.2, 0) is 9.59 Å². The number of anilines is 2. The van der Waals surface area contributed by atoms with Gasteiger partial charge in [-0.1, -0.05) is 42.1 Å². The van der Waals surface area contributed by atoms with Crippen molar-refractivity contribution in [2.75, 3.05) is 23.0 Å². The van der Waals surface area contributed by atoms with E-state index in [1.165, 1.54) is 23.1 Å². The number of para-hydroxylation sites is 1. The van der Waals surface area contributed by atoms with E-state index in [0.29, 0.717) is 11.4 Å². The Morgan fingerprint density at radius 1 is 0.970 bits per heavy atom. The molecular formula is C25H23N3O3S2. The Hall–Kier alpha value is -3.36. The first-order chi connectivity index (χ1) is 16.0. The topological polar surface area (TPSA) is 80.3 Å². The summed E-state index contributed by atoms with van der Waals surface area (Å²) in [5.74, 6) is 0.628. The summed E-state index contributed by atoms with van der Waals surface area (Å²) in [6.45, 7) is 3.86. The number of aryl methyl sites for hydroxylation is 2. The number of ether oxygens (including phenoxy) is 1. The van der Waals surface area contributed by atoms with E-state index in [1.807, 2.05) is 80.6 Å². The third-order valence-corrected chi connectivity index (χ3v) is 6.92. The van der Waals surface area contributed by atoms with Gasteiger partial charge in [0.05, 0.1) is 16.0 Å². The molecule has 2 N–H and O–H groups in total. The summed E-state index contributed by atoms with van der Waals surface area (Å²) in [6.07, 6.45) is 0. The van der Waals surface area contributed by atoms with Gasteiger partial charge in [0.2, 0.25) is 5.91 Å². The molecule has 33 heavy (non-hydrogen) atoms. The number of carbonyl (C=O) groups excluding carboxylic acids is 2. The van der Waals surface area contributed by atoms with Crippen LogP contribution >= 0.6 is 23.1 Å². The first-order valence-electron chi connectivity index (χ1n) is 10.3. The van der Waals surface area contributed by atoms with Crippen LogP contribution in [0.2, 0.25) is 0 Å². The van der Waals surface area contributed by atoms with Crippen LogP contribution in [0.4, 0.5) is 11.4 Å². The van der Waals surface area contributed by atoms with Crippen LogP contribution in [0.1, 0.15) is 11.1 Å². The molecule has 0 aliphatic carbocycles. The van der Waals surface area contributed by atoms with Gasteiger partial charge in [-0.3, -0.25) is 9.59 Å². The molecule has 0 spiro atoms. The molecule has 1 aromatic heterocycles. The lowest BCUT2D eigenvalue weighted by Gasteiger charge is -2.08. The summed E-state index contributed by atoms with van der Waals surface area (Å²) >= 11 is 2.89. The number of thiazole rings is 1. The zero-order valence-corrected chi connectivity index (χ0v) is 19.9. The minimum atomic E-state index is -0.233. The Kier molecular flexibility index (Phi) is 7.26. The van der Waals surface area contributed by atoms with Gasteiger partial charge in [0, 0.05) is 11.4 Å². The fourth-order valence-electron chi connectivity index (χ4n) is 3.12. The maximum Gasteiger partial charge on any atom is 0.262 e. The second-order valence-corrected chi connectivity index (χ2v) is 9.72. The van der Waals surface area contributed by atoms with Crippen LogP contribution in [0.3, 0.4) is 0 Å². The Bertz CT molecular complexity index is 1300. The molecular weight excluding hydrogens is 454 g/mol. The Labute approximate surface area is 200 Å². The highest BCUT2D eigenvalue weighted by Crippen LogP contribution is 2.31. The van der Waals surface area contributed by atoms with Crippen LogP contribution in [0.5, 0.6) is 5.75 Å². The maximum atomic E-state index is 12.3. The first kappa shape index (κ1) is 22.8. The summed E-state index contributed by atoms with van der Waals surface area (Å²) in [4.78, 5) is 29.1. The number of fused-ring (bicyclic) bond motifs is 1. The van der Waals surface area contributed by atoms with Gasteiger partial charge in [-0.15, -0.1) is 11.3 Å². The van der Waals surface area contributed by atoms with Crippen LogP contribution in [0, 0.1) is 13.8 Å². The van der Waals surface area contributed by atoms with Crippen molar-refractivity contribution in [2.45, 2.75) is 18.2 Å². The standard InChI is InChI=1S/C25H23N3O3S2/c1-16-6-5-8-19(12-16)31-14-23(29)26-18-10-11-21-22(13-18)33-25(28-21)32-15-24(30)27-20-9-4-3-7-17(20)2/h3-13H,14-15H2,1-2H3,(H,26,29)(H,27,30). The van der Waals surface area contributed by atoms with Gasteiger partial charge in [0.25, 0.3) is 5.91 Å². The smallest absolute Gasteiger partial charge is 0.262 e. The number of benzene rings is 3. The van der Waals surface area contributed by atoms with Crippen molar-refractivity contribution >= 4 is 56.5 Å². The number of hydrogen-bond acceptors (Lipinski definition) is 6. The van der Waals surface area contributed by atoms with E-state index in [-0.39, 0.29) is 24.2 Å². The number of aromatic nitrogens is 1. The Balaban J connectivity index is 1.31. The van der Waals surface area contributed by atoms with Crippen molar-refractivity contribution in [1.29, 1.82) is 0 Å². The van der Waals surface area contributed by atoms with Gasteiger partial charge in [0.15, 0.2) is 10.9 Å². The molecule has 4 rings (SSSR count). The van der Waals surface area contributed by atoms with Crippen molar-refractivity contribution < 1.29 is 14.3 Å². The van der Waals surface area contributed by atoms with Crippen molar-refractivity contribution in [1.82, 2.24) is 4.98 Å². The molecule has 0 aliphatic heterocycles. The Morgan fingerprint density at radius 2 is 1.82 bits per heavy atom. The van der Waals surface area contributed by atoms with Gasteiger partial charge < -0.3 is 15.4 Å².